The molecule has 0 atom stereocenters. The molecule has 14 heavy (non-hydrogen) atoms. The van der Waals surface area contributed by atoms with Crippen LogP contribution in [0.2, 0.25) is 0 Å². The van der Waals surface area contributed by atoms with Crippen LogP contribution in [0.3, 0.4) is 0 Å². The van der Waals surface area contributed by atoms with Gasteiger partial charge in [-0.1, -0.05) is 6.92 Å². The van der Waals surface area contributed by atoms with Crippen molar-refractivity contribution < 1.29 is 23.9 Å². The molecule has 5 nitrogen and oxygen atoms in total. The van der Waals surface area contributed by atoms with Crippen LogP contribution >= 0.6 is 0 Å². The summed E-state index contributed by atoms with van der Waals surface area (Å²) in [6.45, 7) is 3.54. The van der Waals surface area contributed by atoms with Gasteiger partial charge in [-0.25, -0.2) is 0 Å². The fourth-order valence-electron chi connectivity index (χ4n) is 0.687. The minimum Gasteiger partial charge on any atom is -0.466 e. The Morgan fingerprint density at radius 1 is 0.929 bits per heavy atom. The van der Waals surface area contributed by atoms with Crippen molar-refractivity contribution in [2.24, 2.45) is 0 Å². The summed E-state index contributed by atoms with van der Waals surface area (Å²) < 4.78 is 8.93. The highest BCUT2D eigenvalue weighted by molar-refractivity contribution is 5.87. The maximum atomic E-state index is 10.9. The molecule has 0 fully saturated rings. The largest absolute Gasteiger partial charge is 0.466 e. The van der Waals surface area contributed by atoms with Gasteiger partial charge in [-0.05, 0) is 6.92 Å². The van der Waals surface area contributed by atoms with Gasteiger partial charge >= 0.3 is 17.9 Å². The van der Waals surface area contributed by atoms with Gasteiger partial charge < -0.3 is 9.47 Å². The van der Waals surface area contributed by atoms with Crippen LogP contribution in [0.25, 0.3) is 0 Å². The van der Waals surface area contributed by atoms with Crippen molar-refractivity contribution in [3.8, 4) is 0 Å². The van der Waals surface area contributed by atoms with Gasteiger partial charge in [-0.2, -0.15) is 0 Å². The molecule has 0 N–H and O–H groups in total. The van der Waals surface area contributed by atoms with Crippen LogP contribution in [-0.4, -0.2) is 24.5 Å². The van der Waals surface area contributed by atoms with Gasteiger partial charge in [0.15, 0.2) is 0 Å². The lowest BCUT2D eigenvalue weighted by atomic mass is 10.3. The number of carbonyl (C=O) groups excluding carboxylic acids is 3. The van der Waals surface area contributed by atoms with E-state index in [-0.39, 0.29) is 25.9 Å². The predicted molar refractivity (Wildman–Crippen MR) is 47.3 cm³/mol. The van der Waals surface area contributed by atoms with Gasteiger partial charge in [-0.15, -0.1) is 0 Å². The molecule has 0 saturated heterocycles. The first-order valence-electron chi connectivity index (χ1n) is 4.49. The molecule has 0 aliphatic carbocycles. The molecule has 0 spiro atoms. The molecular formula is C9H14O5. The summed E-state index contributed by atoms with van der Waals surface area (Å²) >= 11 is 0. The van der Waals surface area contributed by atoms with E-state index in [4.69, 9.17) is 0 Å². The monoisotopic (exact) mass is 202 g/mol. The summed E-state index contributed by atoms with van der Waals surface area (Å²) in [4.78, 5) is 32.3. The van der Waals surface area contributed by atoms with E-state index in [2.05, 4.69) is 9.47 Å². The van der Waals surface area contributed by atoms with Crippen LogP contribution in [0.15, 0.2) is 0 Å². The van der Waals surface area contributed by atoms with Crippen LogP contribution in [0, 0.1) is 0 Å². The molecule has 0 aliphatic heterocycles. The summed E-state index contributed by atoms with van der Waals surface area (Å²) in [7, 11) is 0. The van der Waals surface area contributed by atoms with E-state index in [1.54, 1.807) is 13.8 Å². The second kappa shape index (κ2) is 7.06. The standard InChI is InChI=1S/C9H14O5/c1-3-7(10)14-9(12)6-5-8(11)13-4-2/h3-6H2,1-2H3. The molecular weight excluding hydrogens is 188 g/mol. The molecule has 5 heteroatoms. The van der Waals surface area contributed by atoms with E-state index in [0.717, 1.165) is 0 Å². The van der Waals surface area contributed by atoms with Crippen LogP contribution in [0.4, 0.5) is 0 Å². The summed E-state index contributed by atoms with van der Waals surface area (Å²) in [6, 6.07) is 0. The van der Waals surface area contributed by atoms with Gasteiger partial charge in [0.25, 0.3) is 0 Å². The molecule has 0 radical (unpaired) electrons. The summed E-state index contributed by atoms with van der Waals surface area (Å²) in [5.41, 5.74) is 0. The summed E-state index contributed by atoms with van der Waals surface area (Å²) in [5, 5.41) is 0. The van der Waals surface area contributed by atoms with E-state index >= 15 is 0 Å². The molecule has 0 aromatic heterocycles. The Morgan fingerprint density at radius 3 is 2.00 bits per heavy atom. The Bertz CT molecular complexity index is 221. The maximum Gasteiger partial charge on any atom is 0.314 e. The number of rotatable bonds is 5. The number of carbonyl (C=O) groups is 3. The fourth-order valence-corrected chi connectivity index (χ4v) is 0.687. The average molecular weight is 202 g/mol. The Labute approximate surface area is 82.4 Å². The second-order valence-corrected chi connectivity index (χ2v) is 2.50. The molecule has 0 rings (SSSR count). The zero-order valence-electron chi connectivity index (χ0n) is 8.37. The first-order valence-corrected chi connectivity index (χ1v) is 4.49. The van der Waals surface area contributed by atoms with Crippen molar-refractivity contribution in [2.75, 3.05) is 6.61 Å². The van der Waals surface area contributed by atoms with Crippen molar-refractivity contribution >= 4 is 17.9 Å². The fraction of sp³-hybridized carbons (Fsp3) is 0.667. The third-order valence-corrected chi connectivity index (χ3v) is 1.35. The molecule has 0 aromatic rings. The lowest BCUT2D eigenvalue weighted by molar-refractivity contribution is -0.161. The highest BCUT2D eigenvalue weighted by atomic mass is 16.6. The molecule has 0 unspecified atom stereocenters. The smallest absolute Gasteiger partial charge is 0.314 e. The van der Waals surface area contributed by atoms with Gasteiger partial charge in [0.1, 0.15) is 0 Å². The minimum absolute atomic E-state index is 0.0519. The van der Waals surface area contributed by atoms with Crippen molar-refractivity contribution in [1.82, 2.24) is 0 Å². The number of esters is 3. The third-order valence-electron chi connectivity index (χ3n) is 1.35. The normalized spacial score (nSPS) is 9.29. The summed E-state index contributed by atoms with van der Waals surface area (Å²) in [5.74, 6) is -1.74. The quantitative estimate of drug-likeness (QED) is 0.487. The van der Waals surface area contributed by atoms with Crippen LogP contribution in [-0.2, 0) is 23.9 Å². The maximum absolute atomic E-state index is 10.9. The Kier molecular flexibility index (Phi) is 6.36. The first kappa shape index (κ1) is 12.6. The zero-order chi connectivity index (χ0) is 11.0. The number of ether oxygens (including phenoxy) is 2. The molecule has 0 amide bonds. The first-order chi connectivity index (χ1) is 6.60. The molecule has 0 aliphatic rings. The van der Waals surface area contributed by atoms with Crippen molar-refractivity contribution in [3.05, 3.63) is 0 Å². The SMILES string of the molecule is CCOC(=O)CCC(=O)OC(=O)CC. The number of hydrogen-bond acceptors (Lipinski definition) is 5. The molecule has 0 bridgehead atoms. The predicted octanol–water partition coefficient (Wildman–Crippen LogP) is 0.809. The molecule has 0 heterocycles. The molecule has 0 aromatic carbocycles. The van der Waals surface area contributed by atoms with Crippen molar-refractivity contribution in [1.29, 1.82) is 0 Å². The Balaban J connectivity index is 3.63. The van der Waals surface area contributed by atoms with E-state index in [0.29, 0.717) is 0 Å². The highest BCUT2D eigenvalue weighted by Gasteiger charge is 2.11. The van der Waals surface area contributed by atoms with Crippen molar-refractivity contribution in [3.63, 3.8) is 0 Å². The Morgan fingerprint density at radius 2 is 1.50 bits per heavy atom. The average Bonchev–Trinajstić information content (AvgIpc) is 2.15. The van der Waals surface area contributed by atoms with Gasteiger partial charge in [0.2, 0.25) is 0 Å². The van der Waals surface area contributed by atoms with E-state index in [9.17, 15) is 14.4 Å². The van der Waals surface area contributed by atoms with E-state index in [1.165, 1.54) is 0 Å². The van der Waals surface area contributed by atoms with Crippen LogP contribution in [0.5, 0.6) is 0 Å². The van der Waals surface area contributed by atoms with E-state index < -0.39 is 17.9 Å². The van der Waals surface area contributed by atoms with Gasteiger partial charge in [-0.3, -0.25) is 14.4 Å². The van der Waals surface area contributed by atoms with Crippen LogP contribution < -0.4 is 0 Å². The lowest BCUT2D eigenvalue weighted by Gasteiger charge is -2.01. The second-order valence-electron chi connectivity index (χ2n) is 2.50. The van der Waals surface area contributed by atoms with Gasteiger partial charge in [0, 0.05) is 6.42 Å². The van der Waals surface area contributed by atoms with Crippen LogP contribution in [0.1, 0.15) is 33.1 Å². The topological polar surface area (TPSA) is 69.7 Å². The molecule has 0 saturated carbocycles. The third kappa shape index (κ3) is 6.16. The highest BCUT2D eigenvalue weighted by Crippen LogP contribution is 1.97. The summed E-state index contributed by atoms with van der Waals surface area (Å²) in [6.07, 6.45) is -0.0284. The minimum atomic E-state index is -0.690. The number of hydrogen-bond donors (Lipinski definition) is 0. The van der Waals surface area contributed by atoms with Crippen molar-refractivity contribution in [2.45, 2.75) is 33.1 Å². The Hall–Kier alpha value is -1.39. The lowest BCUT2D eigenvalue weighted by Crippen LogP contribution is -2.13. The van der Waals surface area contributed by atoms with E-state index in [1.807, 2.05) is 0 Å². The van der Waals surface area contributed by atoms with Gasteiger partial charge in [0.05, 0.1) is 19.4 Å². The molecule has 80 valence electrons. The zero-order valence-corrected chi connectivity index (χ0v) is 8.37.